The topological polar surface area (TPSA) is 85.1 Å². The van der Waals surface area contributed by atoms with Crippen LogP contribution >= 0.6 is 0 Å². The lowest BCUT2D eigenvalue weighted by molar-refractivity contribution is 0.0697. The average molecular weight is 434 g/mol. The van der Waals surface area contributed by atoms with Gasteiger partial charge in [-0.05, 0) is 35.6 Å². The van der Waals surface area contributed by atoms with Crippen molar-refractivity contribution in [1.29, 1.82) is 0 Å². The van der Waals surface area contributed by atoms with Crippen LogP contribution < -0.4 is 0 Å². The third-order valence-corrected chi connectivity index (χ3v) is 5.48. The highest BCUT2D eigenvalue weighted by Crippen LogP contribution is 2.24. The molecule has 0 saturated carbocycles. The number of carboxylic acid groups (broad SMARTS) is 1. The van der Waals surface area contributed by atoms with E-state index in [1.165, 1.54) is 12.8 Å². The Labute approximate surface area is 189 Å². The molecule has 32 heavy (non-hydrogen) atoms. The summed E-state index contributed by atoms with van der Waals surface area (Å²) in [5, 5.41) is 14.0. The standard InChI is InChI=1S/C26H31N3O3/c1-3-5-6-9-17-29-24(27-25(28-29)23(30)10-4-2)18-19-13-15-20(16-14-19)21-11-7-8-12-22(21)26(31)32/h7-8,11-16H,3-6,9-10,17-18H2,1-2H3,(H,31,32). The van der Waals surface area contributed by atoms with Gasteiger partial charge >= 0.3 is 5.97 Å². The molecule has 0 bridgehead atoms. The van der Waals surface area contributed by atoms with Crippen LogP contribution in [0.2, 0.25) is 0 Å². The Bertz CT molecular complexity index is 1050. The van der Waals surface area contributed by atoms with Crippen molar-refractivity contribution in [2.45, 2.75) is 65.3 Å². The first-order valence-corrected chi connectivity index (χ1v) is 11.4. The number of carbonyl (C=O) groups excluding carboxylic acids is 1. The van der Waals surface area contributed by atoms with E-state index in [-0.39, 0.29) is 11.3 Å². The highest BCUT2D eigenvalue weighted by molar-refractivity contribution is 5.96. The number of Topliss-reactive ketones (excluding diaryl/α,β-unsaturated/α-hetero) is 1. The van der Waals surface area contributed by atoms with Crippen LogP contribution in [0.5, 0.6) is 0 Å². The number of unbranched alkanes of at least 4 members (excludes halogenated alkanes) is 3. The Kier molecular flexibility index (Phi) is 8.31. The normalized spacial score (nSPS) is 10.9. The van der Waals surface area contributed by atoms with Gasteiger partial charge in [0, 0.05) is 19.4 Å². The molecule has 6 nitrogen and oxygen atoms in total. The monoisotopic (exact) mass is 433 g/mol. The number of benzene rings is 2. The molecule has 0 unspecified atom stereocenters. The Hall–Kier alpha value is -3.28. The summed E-state index contributed by atoms with van der Waals surface area (Å²) in [4.78, 5) is 28.4. The fourth-order valence-electron chi connectivity index (χ4n) is 3.74. The summed E-state index contributed by atoms with van der Waals surface area (Å²) in [6.45, 7) is 4.91. The van der Waals surface area contributed by atoms with Gasteiger partial charge in [-0.1, -0.05) is 75.6 Å². The highest BCUT2D eigenvalue weighted by atomic mass is 16.4. The van der Waals surface area contributed by atoms with Gasteiger partial charge in [0.15, 0.2) is 0 Å². The van der Waals surface area contributed by atoms with Crippen molar-refractivity contribution >= 4 is 11.8 Å². The molecule has 0 fully saturated rings. The number of carbonyl (C=O) groups is 2. The van der Waals surface area contributed by atoms with Crippen LogP contribution in [-0.2, 0) is 13.0 Å². The molecule has 0 spiro atoms. The van der Waals surface area contributed by atoms with Crippen LogP contribution in [0.15, 0.2) is 48.5 Å². The van der Waals surface area contributed by atoms with Crippen LogP contribution in [0.25, 0.3) is 11.1 Å². The van der Waals surface area contributed by atoms with Crippen molar-refractivity contribution in [3.05, 3.63) is 71.3 Å². The molecule has 3 rings (SSSR count). The van der Waals surface area contributed by atoms with Crippen molar-refractivity contribution in [3.8, 4) is 11.1 Å². The van der Waals surface area contributed by atoms with Crippen LogP contribution in [0, 0.1) is 0 Å². The fourth-order valence-corrected chi connectivity index (χ4v) is 3.74. The van der Waals surface area contributed by atoms with E-state index in [1.807, 2.05) is 48.0 Å². The molecule has 0 aliphatic rings. The quantitative estimate of drug-likeness (QED) is 0.288. The van der Waals surface area contributed by atoms with Crippen molar-refractivity contribution in [2.75, 3.05) is 0 Å². The first-order chi connectivity index (χ1) is 15.5. The number of hydrogen-bond donors (Lipinski definition) is 1. The number of aryl methyl sites for hydroxylation is 1. The third kappa shape index (κ3) is 5.90. The number of aromatic nitrogens is 3. The molecule has 0 aliphatic carbocycles. The Morgan fingerprint density at radius 1 is 0.938 bits per heavy atom. The van der Waals surface area contributed by atoms with Gasteiger partial charge in [0.2, 0.25) is 11.6 Å². The largest absolute Gasteiger partial charge is 0.478 e. The van der Waals surface area contributed by atoms with Crippen molar-refractivity contribution in [2.24, 2.45) is 0 Å². The molecule has 0 atom stereocenters. The number of hydrogen-bond acceptors (Lipinski definition) is 4. The van der Waals surface area contributed by atoms with E-state index >= 15 is 0 Å². The predicted octanol–water partition coefficient (Wildman–Crippen LogP) is 5.80. The maximum atomic E-state index is 12.3. The smallest absolute Gasteiger partial charge is 0.336 e. The number of aromatic carboxylic acids is 1. The second-order valence-electron chi connectivity index (χ2n) is 8.03. The van der Waals surface area contributed by atoms with Gasteiger partial charge in [0.25, 0.3) is 0 Å². The fraction of sp³-hybridized carbons (Fsp3) is 0.385. The summed E-state index contributed by atoms with van der Waals surface area (Å²) in [5.74, 6) is 0.149. The lowest BCUT2D eigenvalue weighted by Crippen LogP contribution is -2.07. The van der Waals surface area contributed by atoms with Crippen LogP contribution in [0.1, 0.15) is 84.7 Å². The maximum absolute atomic E-state index is 12.3. The molecule has 0 radical (unpaired) electrons. The summed E-state index contributed by atoms with van der Waals surface area (Å²) in [5.41, 5.74) is 2.87. The van der Waals surface area contributed by atoms with Gasteiger partial charge in [-0.2, -0.15) is 0 Å². The molecule has 1 heterocycles. The molecule has 0 saturated heterocycles. The van der Waals surface area contributed by atoms with Gasteiger partial charge in [-0.25, -0.2) is 14.5 Å². The van der Waals surface area contributed by atoms with Crippen LogP contribution in [0.4, 0.5) is 0 Å². The minimum Gasteiger partial charge on any atom is -0.478 e. The summed E-state index contributed by atoms with van der Waals surface area (Å²) >= 11 is 0. The van der Waals surface area contributed by atoms with E-state index in [2.05, 4.69) is 17.0 Å². The average Bonchev–Trinajstić information content (AvgIpc) is 3.20. The first-order valence-electron chi connectivity index (χ1n) is 11.4. The molecule has 2 aromatic carbocycles. The van der Waals surface area contributed by atoms with Crippen LogP contribution in [-0.4, -0.2) is 31.6 Å². The summed E-state index contributed by atoms with van der Waals surface area (Å²) in [6, 6.07) is 14.8. The van der Waals surface area contributed by atoms with Gasteiger partial charge < -0.3 is 5.11 Å². The number of rotatable bonds is 12. The second-order valence-corrected chi connectivity index (χ2v) is 8.03. The molecule has 0 aliphatic heterocycles. The van der Waals surface area contributed by atoms with Crippen molar-refractivity contribution in [1.82, 2.24) is 14.8 Å². The Balaban J connectivity index is 1.81. The van der Waals surface area contributed by atoms with Gasteiger partial charge in [-0.15, -0.1) is 5.10 Å². The summed E-state index contributed by atoms with van der Waals surface area (Å²) < 4.78 is 1.88. The Morgan fingerprint density at radius 3 is 2.38 bits per heavy atom. The SMILES string of the molecule is CCCCCCn1nc(C(=O)CCC)nc1Cc1ccc(-c2ccccc2C(=O)O)cc1. The van der Waals surface area contributed by atoms with Gasteiger partial charge in [0.05, 0.1) is 5.56 Å². The molecule has 0 amide bonds. The molecule has 1 N–H and O–H groups in total. The van der Waals surface area contributed by atoms with Crippen molar-refractivity contribution < 1.29 is 14.7 Å². The van der Waals surface area contributed by atoms with E-state index in [1.54, 1.807) is 12.1 Å². The van der Waals surface area contributed by atoms with Crippen molar-refractivity contribution in [3.63, 3.8) is 0 Å². The summed E-state index contributed by atoms with van der Waals surface area (Å²) in [6.07, 6.45) is 6.30. The third-order valence-electron chi connectivity index (χ3n) is 5.48. The molecular weight excluding hydrogens is 402 g/mol. The highest BCUT2D eigenvalue weighted by Gasteiger charge is 2.16. The van der Waals surface area contributed by atoms with E-state index in [9.17, 15) is 14.7 Å². The summed E-state index contributed by atoms with van der Waals surface area (Å²) in [7, 11) is 0. The Morgan fingerprint density at radius 2 is 1.69 bits per heavy atom. The van der Waals surface area contributed by atoms with Gasteiger partial charge in [0.1, 0.15) is 5.82 Å². The molecular formula is C26H31N3O3. The number of ketones is 1. The minimum absolute atomic E-state index is 0.0123. The lowest BCUT2D eigenvalue weighted by atomic mass is 9.98. The van der Waals surface area contributed by atoms with Crippen LogP contribution in [0.3, 0.4) is 0 Å². The predicted molar refractivity (Wildman–Crippen MR) is 125 cm³/mol. The number of carboxylic acids is 1. The zero-order valence-corrected chi connectivity index (χ0v) is 18.9. The molecule has 1 aromatic heterocycles. The lowest BCUT2D eigenvalue weighted by Gasteiger charge is -2.08. The van der Waals surface area contributed by atoms with E-state index in [0.717, 1.165) is 42.8 Å². The second kappa shape index (κ2) is 11.4. The van der Waals surface area contributed by atoms with E-state index in [4.69, 9.17) is 0 Å². The zero-order chi connectivity index (χ0) is 22.9. The first kappa shape index (κ1) is 23.4. The number of nitrogens with zero attached hydrogens (tertiary/aromatic N) is 3. The zero-order valence-electron chi connectivity index (χ0n) is 18.9. The van der Waals surface area contributed by atoms with Gasteiger partial charge in [-0.3, -0.25) is 4.79 Å². The molecule has 6 heteroatoms. The molecule has 3 aromatic rings. The maximum Gasteiger partial charge on any atom is 0.336 e. The van der Waals surface area contributed by atoms with E-state index < -0.39 is 5.97 Å². The molecule has 168 valence electrons. The van der Waals surface area contributed by atoms with E-state index in [0.29, 0.717) is 24.2 Å². The minimum atomic E-state index is -0.940.